The van der Waals surface area contributed by atoms with Gasteiger partial charge in [0.05, 0.1) is 17.9 Å². The minimum atomic E-state index is -0.978. The normalized spacial score (nSPS) is 18.5. The minimum absolute atomic E-state index is 0.0277. The number of amides is 1. The van der Waals surface area contributed by atoms with Crippen LogP contribution in [0.25, 0.3) is 17.0 Å². The molecule has 2 saturated heterocycles. The first kappa shape index (κ1) is 23.2. The number of piperidine rings is 1. The van der Waals surface area contributed by atoms with Crippen molar-refractivity contribution in [2.75, 3.05) is 29.4 Å². The summed E-state index contributed by atoms with van der Waals surface area (Å²) in [6.45, 7) is 2.31. The predicted octanol–water partition coefficient (Wildman–Crippen LogP) is 4.51. The zero-order valence-electron chi connectivity index (χ0n) is 20.3. The van der Waals surface area contributed by atoms with Gasteiger partial charge in [-0.1, -0.05) is 18.2 Å². The Morgan fingerprint density at radius 1 is 1.00 bits per heavy atom. The number of carboxylic acid groups (broad SMARTS) is 1. The van der Waals surface area contributed by atoms with Gasteiger partial charge in [-0.3, -0.25) is 0 Å². The molecule has 1 atom stereocenters. The van der Waals surface area contributed by atoms with Crippen LogP contribution in [0.1, 0.15) is 37.3 Å². The van der Waals surface area contributed by atoms with Gasteiger partial charge in [0.15, 0.2) is 5.65 Å². The third kappa shape index (κ3) is 4.66. The molecular weight excluding hydrogens is 473 g/mol. The first-order chi connectivity index (χ1) is 18.0. The number of rotatable bonds is 5. The molecule has 6 rings (SSSR count). The summed E-state index contributed by atoms with van der Waals surface area (Å²) in [6.07, 6.45) is 4.24. The summed E-state index contributed by atoms with van der Waals surface area (Å²) in [7, 11) is 0. The molecule has 1 aromatic carbocycles. The summed E-state index contributed by atoms with van der Waals surface area (Å²) in [5, 5.41) is 16.5. The van der Waals surface area contributed by atoms with E-state index in [1.807, 2.05) is 40.9 Å². The van der Waals surface area contributed by atoms with Crippen molar-refractivity contribution in [2.45, 2.75) is 37.8 Å². The summed E-state index contributed by atoms with van der Waals surface area (Å²) in [5.41, 5.74) is 3.25. The Bertz CT molecular complexity index is 1430. The van der Waals surface area contributed by atoms with Gasteiger partial charge >= 0.3 is 6.09 Å². The number of anilines is 2. The van der Waals surface area contributed by atoms with Gasteiger partial charge in [-0.25, -0.2) is 23.7 Å². The van der Waals surface area contributed by atoms with E-state index in [9.17, 15) is 9.18 Å². The standard InChI is InChI=1S/C27H28FN7O2/c28-19-5-1-4-18(16-19)22-7-3-13-34(22)26-10-9-24-29-17-23(35(24)32-26)21-6-2-8-25(31-21)33-14-11-20(12-15-33)30-27(36)37/h1-2,4-6,8-10,16-17,20,22,30H,3,7,11-15H2,(H,36,37)/t22-/m1/s1. The largest absolute Gasteiger partial charge is 0.465 e. The second-order valence-electron chi connectivity index (χ2n) is 9.60. The van der Waals surface area contributed by atoms with E-state index in [0.29, 0.717) is 0 Å². The molecule has 0 radical (unpaired) electrons. The Balaban J connectivity index is 1.27. The number of hydrogen-bond donors (Lipinski definition) is 2. The van der Waals surface area contributed by atoms with Crippen LogP contribution in [0.3, 0.4) is 0 Å². The van der Waals surface area contributed by atoms with E-state index in [1.54, 1.807) is 18.3 Å². The van der Waals surface area contributed by atoms with Crippen molar-refractivity contribution in [1.29, 1.82) is 0 Å². The zero-order chi connectivity index (χ0) is 25.4. The van der Waals surface area contributed by atoms with E-state index < -0.39 is 6.09 Å². The topological polar surface area (TPSA) is 98.9 Å². The fourth-order valence-corrected chi connectivity index (χ4v) is 5.46. The molecule has 10 heteroatoms. The minimum Gasteiger partial charge on any atom is -0.465 e. The quantitative estimate of drug-likeness (QED) is 0.415. The number of benzene rings is 1. The first-order valence-electron chi connectivity index (χ1n) is 12.6. The van der Waals surface area contributed by atoms with Gasteiger partial charge in [0.1, 0.15) is 23.1 Å². The van der Waals surface area contributed by atoms with Crippen molar-refractivity contribution >= 4 is 23.4 Å². The number of pyridine rings is 1. The maximum Gasteiger partial charge on any atom is 0.404 e. The lowest BCUT2D eigenvalue weighted by Crippen LogP contribution is -2.44. The highest BCUT2D eigenvalue weighted by atomic mass is 19.1. The van der Waals surface area contributed by atoms with Crippen molar-refractivity contribution in [1.82, 2.24) is 24.9 Å². The fraction of sp³-hybridized carbons (Fsp3) is 0.333. The van der Waals surface area contributed by atoms with Gasteiger partial charge in [-0.15, -0.1) is 5.10 Å². The van der Waals surface area contributed by atoms with Gasteiger partial charge in [-0.05, 0) is 67.6 Å². The lowest BCUT2D eigenvalue weighted by atomic mass is 10.0. The molecule has 37 heavy (non-hydrogen) atoms. The number of aromatic nitrogens is 4. The maximum absolute atomic E-state index is 13.9. The summed E-state index contributed by atoms with van der Waals surface area (Å²) < 4.78 is 15.7. The van der Waals surface area contributed by atoms with E-state index in [0.717, 1.165) is 79.6 Å². The number of nitrogens with zero attached hydrogens (tertiary/aromatic N) is 6. The van der Waals surface area contributed by atoms with Crippen LogP contribution in [-0.4, -0.2) is 56.5 Å². The lowest BCUT2D eigenvalue weighted by molar-refractivity contribution is 0.187. The Morgan fingerprint density at radius 3 is 2.65 bits per heavy atom. The van der Waals surface area contributed by atoms with Crippen molar-refractivity contribution in [3.05, 3.63) is 72.2 Å². The second kappa shape index (κ2) is 9.68. The molecule has 2 N–H and O–H groups in total. The molecule has 4 aromatic rings. The van der Waals surface area contributed by atoms with E-state index in [4.69, 9.17) is 15.2 Å². The molecule has 190 valence electrons. The molecule has 0 bridgehead atoms. The van der Waals surface area contributed by atoms with E-state index in [2.05, 4.69) is 20.1 Å². The SMILES string of the molecule is O=C(O)NC1CCN(c2cccc(-c3cnc4ccc(N5CCC[C@@H]5c5cccc(F)c5)nn34)n2)CC1. The Hall–Kier alpha value is -4.21. The molecule has 1 amide bonds. The Kier molecular flexibility index (Phi) is 6.07. The molecular formula is C27H28FN7O2. The molecule has 5 heterocycles. The number of halogens is 1. The van der Waals surface area contributed by atoms with Gasteiger partial charge in [-0.2, -0.15) is 0 Å². The highest BCUT2D eigenvalue weighted by molar-refractivity contribution is 5.65. The van der Waals surface area contributed by atoms with E-state index in [-0.39, 0.29) is 17.9 Å². The predicted molar refractivity (Wildman–Crippen MR) is 138 cm³/mol. The lowest BCUT2D eigenvalue weighted by Gasteiger charge is -2.32. The van der Waals surface area contributed by atoms with Crippen molar-refractivity contribution in [3.8, 4) is 11.4 Å². The Morgan fingerprint density at radius 2 is 1.84 bits per heavy atom. The van der Waals surface area contributed by atoms with Crippen molar-refractivity contribution in [3.63, 3.8) is 0 Å². The second-order valence-corrected chi connectivity index (χ2v) is 9.60. The highest BCUT2D eigenvalue weighted by Crippen LogP contribution is 2.35. The monoisotopic (exact) mass is 501 g/mol. The first-order valence-corrected chi connectivity index (χ1v) is 12.6. The van der Waals surface area contributed by atoms with E-state index >= 15 is 0 Å². The van der Waals surface area contributed by atoms with Crippen LogP contribution >= 0.6 is 0 Å². The van der Waals surface area contributed by atoms with Gasteiger partial charge in [0.2, 0.25) is 0 Å². The van der Waals surface area contributed by atoms with Crippen LogP contribution in [0, 0.1) is 5.82 Å². The Labute approximate surface area is 213 Å². The molecule has 2 aliphatic rings. The van der Waals surface area contributed by atoms with Crippen LogP contribution in [0.2, 0.25) is 0 Å². The third-order valence-corrected chi connectivity index (χ3v) is 7.27. The molecule has 0 aliphatic carbocycles. The highest BCUT2D eigenvalue weighted by Gasteiger charge is 2.28. The number of imidazole rings is 1. The smallest absolute Gasteiger partial charge is 0.404 e. The molecule has 2 fully saturated rings. The van der Waals surface area contributed by atoms with Gasteiger partial charge in [0, 0.05) is 25.7 Å². The summed E-state index contributed by atoms with van der Waals surface area (Å²) >= 11 is 0. The summed E-state index contributed by atoms with van der Waals surface area (Å²) in [4.78, 5) is 24.8. The summed E-state index contributed by atoms with van der Waals surface area (Å²) in [6, 6.07) is 16.7. The number of carbonyl (C=O) groups is 1. The van der Waals surface area contributed by atoms with E-state index in [1.165, 1.54) is 6.07 Å². The van der Waals surface area contributed by atoms with Crippen LogP contribution in [-0.2, 0) is 0 Å². The fourth-order valence-electron chi connectivity index (χ4n) is 5.46. The third-order valence-electron chi connectivity index (χ3n) is 7.27. The maximum atomic E-state index is 13.9. The molecule has 2 aliphatic heterocycles. The van der Waals surface area contributed by atoms with Gasteiger partial charge < -0.3 is 20.2 Å². The molecule has 3 aromatic heterocycles. The van der Waals surface area contributed by atoms with Crippen LogP contribution in [0.15, 0.2) is 60.8 Å². The van der Waals surface area contributed by atoms with Crippen LogP contribution < -0.4 is 15.1 Å². The molecule has 0 spiro atoms. The number of hydrogen-bond acceptors (Lipinski definition) is 6. The average molecular weight is 502 g/mol. The molecule has 0 unspecified atom stereocenters. The van der Waals surface area contributed by atoms with Crippen molar-refractivity contribution < 1.29 is 14.3 Å². The molecule has 9 nitrogen and oxygen atoms in total. The van der Waals surface area contributed by atoms with Gasteiger partial charge in [0.25, 0.3) is 0 Å². The molecule has 0 saturated carbocycles. The van der Waals surface area contributed by atoms with Crippen LogP contribution in [0.5, 0.6) is 0 Å². The number of nitrogens with one attached hydrogen (secondary N) is 1. The summed E-state index contributed by atoms with van der Waals surface area (Å²) in [5.74, 6) is 1.45. The average Bonchev–Trinajstić information content (AvgIpc) is 3.56. The van der Waals surface area contributed by atoms with Crippen molar-refractivity contribution in [2.24, 2.45) is 0 Å². The number of fused-ring (bicyclic) bond motifs is 1. The zero-order valence-corrected chi connectivity index (χ0v) is 20.3. The van der Waals surface area contributed by atoms with Crippen LogP contribution in [0.4, 0.5) is 20.8 Å².